The molecule has 2 heterocycles. The van der Waals surface area contributed by atoms with Crippen molar-refractivity contribution in [2.24, 2.45) is 29.6 Å². The van der Waals surface area contributed by atoms with Gasteiger partial charge in [0.05, 0.1) is 0 Å². The largest absolute Gasteiger partial charge is 0.313 e. The van der Waals surface area contributed by atoms with Crippen molar-refractivity contribution in [1.82, 2.24) is 10.6 Å². The van der Waals surface area contributed by atoms with Crippen molar-refractivity contribution in [3.63, 3.8) is 0 Å². The molecule has 2 saturated heterocycles. The summed E-state index contributed by atoms with van der Waals surface area (Å²) in [6, 6.07) is 2.70. The van der Waals surface area contributed by atoms with Crippen molar-refractivity contribution in [2.75, 3.05) is 6.54 Å². The molecule has 4 bridgehead atoms. The Morgan fingerprint density at radius 1 is 0.842 bits per heavy atom. The summed E-state index contributed by atoms with van der Waals surface area (Å²) in [5.74, 6) is 5.50. The van der Waals surface area contributed by atoms with Gasteiger partial charge in [-0.2, -0.15) is 0 Å². The van der Waals surface area contributed by atoms with Gasteiger partial charge >= 0.3 is 0 Å². The van der Waals surface area contributed by atoms with Gasteiger partial charge in [0, 0.05) is 18.1 Å². The summed E-state index contributed by atoms with van der Waals surface area (Å²) >= 11 is 0. The number of nitrogens with one attached hydrogen (secondary N) is 2. The lowest BCUT2D eigenvalue weighted by Crippen LogP contribution is -2.39. The Hall–Kier alpha value is -0.0800. The lowest BCUT2D eigenvalue weighted by atomic mass is 9.90. The molecule has 2 nitrogen and oxygen atoms in total. The molecule has 3 aliphatic carbocycles. The summed E-state index contributed by atoms with van der Waals surface area (Å²) in [5.41, 5.74) is 0. The van der Waals surface area contributed by atoms with Gasteiger partial charge in [-0.15, -0.1) is 0 Å². The molecule has 2 heteroatoms. The molecule has 0 spiro atoms. The number of hydrogen-bond donors (Lipinski definition) is 2. The summed E-state index contributed by atoms with van der Waals surface area (Å²) < 4.78 is 0. The van der Waals surface area contributed by atoms with E-state index in [2.05, 4.69) is 10.6 Å². The Labute approximate surface area is 117 Å². The Morgan fingerprint density at radius 3 is 2.21 bits per heavy atom. The minimum Gasteiger partial charge on any atom is -0.313 e. The molecule has 2 aliphatic heterocycles. The van der Waals surface area contributed by atoms with Crippen LogP contribution in [0.4, 0.5) is 0 Å². The van der Waals surface area contributed by atoms with E-state index in [0.717, 1.165) is 47.7 Å². The van der Waals surface area contributed by atoms with Crippen LogP contribution in [0.15, 0.2) is 0 Å². The third kappa shape index (κ3) is 1.82. The van der Waals surface area contributed by atoms with Gasteiger partial charge in [0.25, 0.3) is 0 Å². The van der Waals surface area contributed by atoms with Crippen LogP contribution in [-0.4, -0.2) is 24.7 Å². The van der Waals surface area contributed by atoms with Crippen LogP contribution in [0, 0.1) is 29.6 Å². The maximum Gasteiger partial charge on any atom is 0.0135 e. The zero-order chi connectivity index (χ0) is 12.4. The van der Waals surface area contributed by atoms with Crippen LogP contribution in [0.5, 0.6) is 0 Å². The molecule has 5 fully saturated rings. The van der Waals surface area contributed by atoms with Gasteiger partial charge in [-0.05, 0) is 87.5 Å². The van der Waals surface area contributed by atoms with E-state index in [-0.39, 0.29) is 0 Å². The van der Waals surface area contributed by atoms with Gasteiger partial charge in [0.1, 0.15) is 0 Å². The fourth-order valence-electron chi connectivity index (χ4n) is 6.46. The van der Waals surface area contributed by atoms with Gasteiger partial charge < -0.3 is 10.6 Å². The first-order valence-corrected chi connectivity index (χ1v) is 8.88. The molecule has 0 aromatic carbocycles. The second kappa shape index (κ2) is 4.21. The van der Waals surface area contributed by atoms with E-state index >= 15 is 0 Å². The maximum atomic E-state index is 3.94. The molecule has 2 N–H and O–H groups in total. The smallest absolute Gasteiger partial charge is 0.0135 e. The monoisotopic (exact) mass is 260 g/mol. The molecule has 6 unspecified atom stereocenters. The van der Waals surface area contributed by atoms with Crippen molar-refractivity contribution in [2.45, 2.75) is 69.5 Å². The normalized spacial score (nSPS) is 57.5. The number of fused-ring (bicyclic) bond motifs is 7. The van der Waals surface area contributed by atoms with Crippen LogP contribution >= 0.6 is 0 Å². The van der Waals surface area contributed by atoms with Crippen LogP contribution in [0.25, 0.3) is 0 Å². The van der Waals surface area contributed by atoms with Crippen LogP contribution in [-0.2, 0) is 0 Å². The number of rotatable bonds is 4. The third-order valence-electron chi connectivity index (χ3n) is 7.24. The summed E-state index contributed by atoms with van der Waals surface area (Å²) in [4.78, 5) is 0. The lowest BCUT2D eigenvalue weighted by molar-refractivity contribution is 0.281. The molecule has 0 radical (unpaired) electrons. The quantitative estimate of drug-likeness (QED) is 0.812. The van der Waals surface area contributed by atoms with Crippen molar-refractivity contribution >= 4 is 0 Å². The highest BCUT2D eigenvalue weighted by Crippen LogP contribution is 2.65. The van der Waals surface area contributed by atoms with E-state index in [1.54, 1.807) is 19.3 Å². The third-order valence-corrected chi connectivity index (χ3v) is 7.24. The first-order valence-electron chi connectivity index (χ1n) is 8.88. The maximum absolute atomic E-state index is 3.94. The van der Waals surface area contributed by atoms with E-state index in [4.69, 9.17) is 0 Å². The van der Waals surface area contributed by atoms with Gasteiger partial charge in [0.2, 0.25) is 0 Å². The summed E-state index contributed by atoms with van der Waals surface area (Å²) in [5, 5.41) is 7.70. The van der Waals surface area contributed by atoms with E-state index in [1.807, 2.05) is 0 Å². The predicted octanol–water partition coefficient (Wildman–Crippen LogP) is 2.54. The fourth-order valence-corrected chi connectivity index (χ4v) is 6.46. The van der Waals surface area contributed by atoms with E-state index in [0.29, 0.717) is 0 Å². The molecule has 0 aromatic rings. The first kappa shape index (κ1) is 11.6. The summed E-state index contributed by atoms with van der Waals surface area (Å²) in [6.07, 6.45) is 12.0. The minimum atomic E-state index is 0.875. The summed E-state index contributed by atoms with van der Waals surface area (Å²) in [6.45, 7) is 1.31. The fraction of sp³-hybridized carbons (Fsp3) is 1.00. The Morgan fingerprint density at radius 2 is 1.53 bits per heavy atom. The van der Waals surface area contributed by atoms with Gasteiger partial charge in [0.15, 0.2) is 0 Å². The molecule has 5 rings (SSSR count). The van der Waals surface area contributed by atoms with Crippen LogP contribution in [0.2, 0.25) is 0 Å². The molecule has 0 aromatic heterocycles. The van der Waals surface area contributed by atoms with Crippen LogP contribution in [0.3, 0.4) is 0 Å². The van der Waals surface area contributed by atoms with E-state index in [1.165, 1.54) is 38.6 Å². The van der Waals surface area contributed by atoms with Gasteiger partial charge in [-0.3, -0.25) is 0 Å². The lowest BCUT2D eigenvalue weighted by Gasteiger charge is -2.29. The predicted molar refractivity (Wildman–Crippen MR) is 76.9 cm³/mol. The molecule has 5 aliphatic rings. The molecular formula is C17H28N2. The second-order valence-corrected chi connectivity index (χ2v) is 8.23. The minimum absolute atomic E-state index is 0.875. The van der Waals surface area contributed by atoms with Crippen molar-refractivity contribution in [1.29, 1.82) is 0 Å². The van der Waals surface area contributed by atoms with Crippen LogP contribution in [0.1, 0.15) is 51.4 Å². The van der Waals surface area contributed by atoms with Crippen molar-refractivity contribution < 1.29 is 0 Å². The zero-order valence-corrected chi connectivity index (χ0v) is 12.0. The van der Waals surface area contributed by atoms with Crippen molar-refractivity contribution in [3.8, 4) is 0 Å². The standard InChI is InChI=1S/C17H28N2/c1-2-12-9-11(1)15-16(12)17(15)18-6-5-10-7-13-3-4-14(8-10)19-13/h10-19H,1-9H2. The molecular weight excluding hydrogens is 232 g/mol. The Kier molecular flexibility index (Phi) is 2.56. The second-order valence-electron chi connectivity index (χ2n) is 8.23. The molecule has 3 saturated carbocycles. The topological polar surface area (TPSA) is 24.1 Å². The van der Waals surface area contributed by atoms with E-state index < -0.39 is 0 Å². The summed E-state index contributed by atoms with van der Waals surface area (Å²) in [7, 11) is 0. The first-order chi connectivity index (χ1) is 9.38. The molecule has 6 atom stereocenters. The number of piperidine rings is 1. The van der Waals surface area contributed by atoms with Gasteiger partial charge in [-0.1, -0.05) is 0 Å². The van der Waals surface area contributed by atoms with Crippen molar-refractivity contribution in [3.05, 3.63) is 0 Å². The molecule has 19 heavy (non-hydrogen) atoms. The average molecular weight is 260 g/mol. The Bertz CT molecular complexity index is 338. The highest BCUT2D eigenvalue weighted by atomic mass is 15.0. The highest BCUT2D eigenvalue weighted by molar-refractivity contribution is 5.16. The van der Waals surface area contributed by atoms with Crippen LogP contribution < -0.4 is 10.6 Å². The molecule has 106 valence electrons. The molecule has 0 amide bonds. The zero-order valence-electron chi connectivity index (χ0n) is 12.0. The SMILES string of the molecule is C(CC1CC2CCC(C1)N2)NC1C2C3CCC(C3)C12. The Balaban J connectivity index is 1.09. The van der Waals surface area contributed by atoms with Gasteiger partial charge in [-0.25, -0.2) is 0 Å². The number of hydrogen-bond acceptors (Lipinski definition) is 2. The average Bonchev–Trinajstić information content (AvgIpc) is 2.77. The highest BCUT2D eigenvalue weighted by Gasteiger charge is 2.64. The van der Waals surface area contributed by atoms with E-state index in [9.17, 15) is 0 Å².